The summed E-state index contributed by atoms with van der Waals surface area (Å²) in [6.45, 7) is 0. The lowest BCUT2D eigenvalue weighted by molar-refractivity contribution is -0.119. The Kier molecular flexibility index (Phi) is 4.43. The van der Waals surface area contributed by atoms with E-state index in [-0.39, 0.29) is 12.1 Å². The van der Waals surface area contributed by atoms with Crippen LogP contribution in [0.1, 0.15) is 6.42 Å². The monoisotopic (exact) mass is 343 g/mol. The number of rotatable bonds is 4. The van der Waals surface area contributed by atoms with Gasteiger partial charge in [0.1, 0.15) is 17.6 Å². The van der Waals surface area contributed by atoms with Crippen LogP contribution in [-0.2, 0) is 9.59 Å². The molecule has 0 saturated heterocycles. The molecule has 1 aromatic carbocycles. The van der Waals surface area contributed by atoms with Crippen LogP contribution in [0, 0.1) is 0 Å². The molecule has 3 N–H and O–H groups in total. The van der Waals surface area contributed by atoms with E-state index in [1.807, 2.05) is 18.2 Å². The number of anilines is 2. The van der Waals surface area contributed by atoms with Gasteiger partial charge in [-0.25, -0.2) is 4.98 Å². The Morgan fingerprint density at radius 3 is 2.58 bits per heavy atom. The standard InChI is InChI=1S/C16H14ClN5O2/c17-10-6-7-14(19-9-10)20-16(24)12-8-13(15(18)23)22(21-12)11-4-2-1-3-5-11/h1-7,9,13H,8H2,(H2,18,23)(H,19,20,24). The van der Waals surface area contributed by atoms with E-state index < -0.39 is 17.9 Å². The minimum absolute atomic E-state index is 0.129. The molecule has 0 spiro atoms. The highest BCUT2D eigenvalue weighted by Crippen LogP contribution is 2.24. The van der Waals surface area contributed by atoms with Gasteiger partial charge in [0.25, 0.3) is 5.91 Å². The van der Waals surface area contributed by atoms with E-state index in [4.69, 9.17) is 17.3 Å². The molecule has 1 atom stereocenters. The van der Waals surface area contributed by atoms with Crippen molar-refractivity contribution in [1.82, 2.24) is 4.98 Å². The Bertz CT molecular complexity index is 792. The Morgan fingerprint density at radius 1 is 1.21 bits per heavy atom. The second kappa shape index (κ2) is 6.67. The largest absolute Gasteiger partial charge is 0.368 e. The van der Waals surface area contributed by atoms with Crippen LogP contribution < -0.4 is 16.1 Å². The molecule has 7 nitrogen and oxygen atoms in total. The van der Waals surface area contributed by atoms with E-state index in [1.165, 1.54) is 11.2 Å². The number of pyridine rings is 1. The number of aromatic nitrogens is 1. The first-order valence-corrected chi connectivity index (χ1v) is 7.56. The fourth-order valence-corrected chi connectivity index (χ4v) is 2.44. The molecule has 8 heteroatoms. The van der Waals surface area contributed by atoms with Crippen molar-refractivity contribution in [3.63, 3.8) is 0 Å². The Hall–Kier alpha value is -2.93. The predicted octanol–water partition coefficient (Wildman–Crippen LogP) is 1.79. The van der Waals surface area contributed by atoms with Crippen molar-refractivity contribution in [3.05, 3.63) is 53.7 Å². The van der Waals surface area contributed by atoms with Crippen molar-refractivity contribution in [2.24, 2.45) is 10.8 Å². The first kappa shape index (κ1) is 15.9. The molecule has 122 valence electrons. The van der Waals surface area contributed by atoms with Crippen LogP contribution in [0.4, 0.5) is 11.5 Å². The molecule has 2 heterocycles. The summed E-state index contributed by atoms with van der Waals surface area (Å²) in [4.78, 5) is 28.0. The minimum atomic E-state index is -0.702. The van der Waals surface area contributed by atoms with E-state index in [9.17, 15) is 9.59 Å². The number of nitrogens with two attached hydrogens (primary N) is 1. The van der Waals surface area contributed by atoms with Crippen LogP contribution in [0.15, 0.2) is 53.8 Å². The molecule has 1 aromatic heterocycles. The van der Waals surface area contributed by atoms with Gasteiger partial charge in [-0.3, -0.25) is 14.6 Å². The fraction of sp³-hybridized carbons (Fsp3) is 0.125. The third kappa shape index (κ3) is 3.36. The van der Waals surface area contributed by atoms with Crippen LogP contribution in [0.3, 0.4) is 0 Å². The first-order chi connectivity index (χ1) is 11.5. The third-order valence-corrected chi connectivity index (χ3v) is 3.71. The van der Waals surface area contributed by atoms with Crippen LogP contribution in [0.2, 0.25) is 5.02 Å². The summed E-state index contributed by atoms with van der Waals surface area (Å²) in [5, 5.41) is 8.81. The number of amides is 2. The highest BCUT2D eigenvalue weighted by Gasteiger charge is 2.34. The predicted molar refractivity (Wildman–Crippen MR) is 91.8 cm³/mol. The van der Waals surface area contributed by atoms with E-state index in [0.717, 1.165) is 0 Å². The number of benzene rings is 1. The van der Waals surface area contributed by atoms with Gasteiger partial charge in [-0.15, -0.1) is 0 Å². The van der Waals surface area contributed by atoms with Crippen molar-refractivity contribution in [3.8, 4) is 0 Å². The number of nitrogens with zero attached hydrogens (tertiary/aromatic N) is 3. The van der Waals surface area contributed by atoms with Crippen molar-refractivity contribution in [2.75, 3.05) is 10.3 Å². The zero-order valence-electron chi connectivity index (χ0n) is 12.5. The number of primary amides is 1. The lowest BCUT2D eigenvalue weighted by Crippen LogP contribution is -2.39. The SMILES string of the molecule is NC(=O)C1CC(C(=O)Nc2ccc(Cl)cn2)=NN1c1ccccc1. The van der Waals surface area contributed by atoms with Gasteiger partial charge in [0.15, 0.2) is 0 Å². The molecule has 1 aliphatic heterocycles. The number of hydrogen-bond donors (Lipinski definition) is 2. The molecular weight excluding hydrogens is 330 g/mol. The summed E-state index contributed by atoms with van der Waals surface area (Å²) in [7, 11) is 0. The van der Waals surface area contributed by atoms with E-state index in [1.54, 1.807) is 24.3 Å². The second-order valence-electron chi connectivity index (χ2n) is 5.16. The van der Waals surface area contributed by atoms with Crippen molar-refractivity contribution in [2.45, 2.75) is 12.5 Å². The lowest BCUT2D eigenvalue weighted by atomic mass is 10.1. The number of carbonyl (C=O) groups excluding carboxylic acids is 2. The van der Waals surface area contributed by atoms with E-state index in [2.05, 4.69) is 15.4 Å². The molecule has 2 aromatic rings. The summed E-state index contributed by atoms with van der Waals surface area (Å²) in [5.74, 6) is -0.634. The summed E-state index contributed by atoms with van der Waals surface area (Å²) in [5.41, 5.74) is 6.34. The van der Waals surface area contributed by atoms with Crippen molar-refractivity contribution < 1.29 is 9.59 Å². The van der Waals surface area contributed by atoms with Crippen LogP contribution in [-0.4, -0.2) is 28.6 Å². The summed E-state index contributed by atoms with van der Waals surface area (Å²) < 4.78 is 0. The lowest BCUT2D eigenvalue weighted by Gasteiger charge is -2.20. The van der Waals surface area contributed by atoms with Crippen molar-refractivity contribution in [1.29, 1.82) is 0 Å². The Morgan fingerprint density at radius 2 is 1.96 bits per heavy atom. The molecule has 1 unspecified atom stereocenters. The zero-order chi connectivity index (χ0) is 17.1. The maximum absolute atomic E-state index is 12.4. The summed E-state index contributed by atoms with van der Waals surface area (Å²) in [6.07, 6.45) is 1.56. The molecule has 0 saturated carbocycles. The first-order valence-electron chi connectivity index (χ1n) is 7.18. The van der Waals surface area contributed by atoms with Gasteiger partial charge in [0, 0.05) is 12.6 Å². The normalized spacial score (nSPS) is 16.6. The minimum Gasteiger partial charge on any atom is -0.368 e. The summed E-state index contributed by atoms with van der Waals surface area (Å²) >= 11 is 5.76. The maximum atomic E-state index is 12.4. The van der Waals surface area contributed by atoms with Gasteiger partial charge >= 0.3 is 0 Å². The number of hydrogen-bond acceptors (Lipinski definition) is 5. The molecule has 1 aliphatic rings. The summed E-state index contributed by atoms with van der Waals surface area (Å²) in [6, 6.07) is 11.6. The fourth-order valence-electron chi connectivity index (χ4n) is 2.33. The second-order valence-corrected chi connectivity index (χ2v) is 5.60. The van der Waals surface area contributed by atoms with Crippen LogP contribution in [0.25, 0.3) is 0 Å². The molecule has 3 rings (SSSR count). The smallest absolute Gasteiger partial charge is 0.273 e. The number of hydrazone groups is 1. The Labute approximate surface area is 143 Å². The zero-order valence-corrected chi connectivity index (χ0v) is 13.3. The molecule has 0 bridgehead atoms. The molecular formula is C16H14ClN5O2. The van der Waals surface area contributed by atoms with Crippen LogP contribution >= 0.6 is 11.6 Å². The van der Waals surface area contributed by atoms with Crippen molar-refractivity contribution >= 4 is 40.6 Å². The topological polar surface area (TPSA) is 101 Å². The van der Waals surface area contributed by atoms with E-state index >= 15 is 0 Å². The molecule has 2 amide bonds. The molecule has 24 heavy (non-hydrogen) atoms. The van der Waals surface area contributed by atoms with Crippen LogP contribution in [0.5, 0.6) is 0 Å². The highest BCUT2D eigenvalue weighted by atomic mass is 35.5. The maximum Gasteiger partial charge on any atom is 0.273 e. The van der Waals surface area contributed by atoms with Gasteiger partial charge in [0.05, 0.1) is 10.7 Å². The van der Waals surface area contributed by atoms with Gasteiger partial charge in [-0.2, -0.15) is 5.10 Å². The number of halogens is 1. The quantitative estimate of drug-likeness (QED) is 0.883. The highest BCUT2D eigenvalue weighted by molar-refractivity contribution is 6.44. The number of carbonyl (C=O) groups is 2. The van der Waals surface area contributed by atoms with Gasteiger partial charge in [-0.1, -0.05) is 29.8 Å². The number of para-hydroxylation sites is 1. The average Bonchev–Trinajstić information content (AvgIpc) is 3.03. The Balaban J connectivity index is 1.81. The third-order valence-electron chi connectivity index (χ3n) is 3.49. The molecule has 0 aliphatic carbocycles. The van der Waals surface area contributed by atoms with Gasteiger partial charge < -0.3 is 11.1 Å². The van der Waals surface area contributed by atoms with E-state index in [0.29, 0.717) is 16.5 Å². The number of nitrogens with one attached hydrogen (secondary N) is 1. The average molecular weight is 344 g/mol. The van der Waals surface area contributed by atoms with Gasteiger partial charge in [-0.05, 0) is 24.3 Å². The van der Waals surface area contributed by atoms with Gasteiger partial charge in [0.2, 0.25) is 5.91 Å². The molecule has 0 fully saturated rings. The molecule has 0 radical (unpaired) electrons.